The first kappa shape index (κ1) is 18.7. The maximum Gasteiger partial charge on any atom is 0.256 e. The number of likely N-dealkylation sites (N-methyl/N-ethyl adjacent to an activating group) is 1. The molecule has 6 heteroatoms. The number of aliphatic hydroxyl groups is 1. The number of anilines is 1. The molecule has 0 radical (unpaired) electrons. The summed E-state index contributed by atoms with van der Waals surface area (Å²) in [5.41, 5.74) is 1.82. The summed E-state index contributed by atoms with van der Waals surface area (Å²) < 4.78 is 1.79. The van der Waals surface area contributed by atoms with Crippen LogP contribution in [-0.2, 0) is 0 Å². The van der Waals surface area contributed by atoms with Crippen molar-refractivity contribution in [1.82, 2.24) is 15.1 Å². The topological polar surface area (TPSA) is 70.4 Å². The molecule has 29 heavy (non-hydrogen) atoms. The molecular formula is C23H30N4O2. The highest BCUT2D eigenvalue weighted by Gasteiger charge is 2.57. The van der Waals surface area contributed by atoms with Crippen LogP contribution in [0, 0.1) is 17.3 Å². The Morgan fingerprint density at radius 2 is 2.00 bits per heavy atom. The van der Waals surface area contributed by atoms with E-state index in [-0.39, 0.29) is 18.6 Å². The van der Waals surface area contributed by atoms with Crippen LogP contribution in [0.3, 0.4) is 0 Å². The number of benzene rings is 1. The van der Waals surface area contributed by atoms with Gasteiger partial charge >= 0.3 is 0 Å². The summed E-state index contributed by atoms with van der Waals surface area (Å²) in [6.07, 6.45) is 9.27. The fourth-order valence-electron chi connectivity index (χ4n) is 6.25. The van der Waals surface area contributed by atoms with Crippen molar-refractivity contribution in [3.05, 3.63) is 42.1 Å². The Hall–Kier alpha value is -2.34. The maximum atomic E-state index is 13.4. The number of aromatic nitrogens is 2. The molecule has 0 aliphatic heterocycles. The van der Waals surface area contributed by atoms with Crippen molar-refractivity contribution < 1.29 is 9.90 Å². The Labute approximate surface area is 171 Å². The third kappa shape index (κ3) is 3.14. The van der Waals surface area contributed by atoms with Gasteiger partial charge in [0.05, 0.1) is 18.5 Å². The summed E-state index contributed by atoms with van der Waals surface area (Å²) in [6.45, 7) is 0.460. The molecule has 4 aliphatic carbocycles. The largest absolute Gasteiger partial charge is 0.395 e. The molecule has 1 aromatic carbocycles. The van der Waals surface area contributed by atoms with E-state index in [0.29, 0.717) is 17.5 Å². The van der Waals surface area contributed by atoms with Gasteiger partial charge in [-0.05, 0) is 67.9 Å². The lowest BCUT2D eigenvalue weighted by Gasteiger charge is -2.62. The lowest BCUT2D eigenvalue weighted by molar-refractivity contribution is -0.0940. The molecule has 1 amide bonds. The number of para-hydroxylation sites is 1. The van der Waals surface area contributed by atoms with Crippen LogP contribution in [0.2, 0.25) is 0 Å². The number of hydrogen-bond acceptors (Lipinski definition) is 4. The van der Waals surface area contributed by atoms with E-state index in [4.69, 9.17) is 0 Å². The molecule has 4 aliphatic rings. The summed E-state index contributed by atoms with van der Waals surface area (Å²) >= 11 is 0. The summed E-state index contributed by atoms with van der Waals surface area (Å²) in [6, 6.07) is 10.1. The molecule has 1 heterocycles. The number of nitrogens with zero attached hydrogens (tertiary/aromatic N) is 3. The smallest absolute Gasteiger partial charge is 0.256 e. The zero-order chi connectivity index (χ0) is 20.0. The van der Waals surface area contributed by atoms with Gasteiger partial charge in [0.15, 0.2) is 0 Å². The van der Waals surface area contributed by atoms with Crippen LogP contribution in [0.1, 0.15) is 48.9 Å². The molecule has 2 aromatic rings. The van der Waals surface area contributed by atoms with E-state index in [2.05, 4.69) is 10.4 Å². The average molecular weight is 395 g/mol. The number of carbonyl (C=O) groups excluding carboxylic acids is 1. The van der Waals surface area contributed by atoms with Gasteiger partial charge in [-0.1, -0.05) is 18.2 Å². The number of rotatable bonds is 6. The van der Waals surface area contributed by atoms with Crippen LogP contribution in [0.25, 0.3) is 5.69 Å². The van der Waals surface area contributed by atoms with Gasteiger partial charge in [-0.15, -0.1) is 0 Å². The Bertz CT molecular complexity index is 888. The highest BCUT2D eigenvalue weighted by atomic mass is 16.3. The molecule has 1 aromatic heterocycles. The van der Waals surface area contributed by atoms with E-state index < -0.39 is 0 Å². The predicted octanol–water partition coefficient (Wildman–Crippen LogP) is 3.00. The van der Waals surface area contributed by atoms with E-state index in [1.807, 2.05) is 42.3 Å². The van der Waals surface area contributed by atoms with E-state index in [1.54, 1.807) is 10.9 Å². The van der Waals surface area contributed by atoms with Crippen LogP contribution in [0.4, 0.5) is 5.82 Å². The van der Waals surface area contributed by atoms with Gasteiger partial charge in [-0.3, -0.25) is 4.79 Å². The van der Waals surface area contributed by atoms with Gasteiger partial charge in [-0.25, -0.2) is 4.68 Å². The zero-order valence-electron chi connectivity index (χ0n) is 17.1. The van der Waals surface area contributed by atoms with E-state index in [1.165, 1.54) is 32.1 Å². The summed E-state index contributed by atoms with van der Waals surface area (Å²) in [5.74, 6) is 2.45. The minimum absolute atomic E-state index is 0.0199. The summed E-state index contributed by atoms with van der Waals surface area (Å²) in [5, 5.41) is 17.4. The monoisotopic (exact) mass is 394 g/mol. The van der Waals surface area contributed by atoms with Crippen LogP contribution in [0.15, 0.2) is 36.5 Å². The first-order chi connectivity index (χ1) is 14.1. The molecule has 154 valence electrons. The van der Waals surface area contributed by atoms with E-state index >= 15 is 0 Å². The molecule has 4 fully saturated rings. The Morgan fingerprint density at radius 1 is 1.24 bits per heavy atom. The lowest BCUT2D eigenvalue weighted by atomic mass is 9.45. The van der Waals surface area contributed by atoms with Crippen molar-refractivity contribution in [3.8, 4) is 5.69 Å². The van der Waals surface area contributed by atoms with E-state index in [0.717, 1.165) is 29.8 Å². The Balaban J connectivity index is 1.43. The average Bonchev–Trinajstić information content (AvgIpc) is 3.16. The van der Waals surface area contributed by atoms with Crippen LogP contribution >= 0.6 is 0 Å². The number of carbonyl (C=O) groups is 1. The Morgan fingerprint density at radius 3 is 2.76 bits per heavy atom. The van der Waals surface area contributed by atoms with Crippen molar-refractivity contribution in [3.63, 3.8) is 0 Å². The number of nitrogens with one attached hydrogen (secondary N) is 1. The van der Waals surface area contributed by atoms with Gasteiger partial charge in [0.25, 0.3) is 5.91 Å². The number of aliphatic hydroxyl groups excluding tert-OH is 1. The number of hydrogen-bond donors (Lipinski definition) is 2. The zero-order valence-corrected chi connectivity index (χ0v) is 17.1. The summed E-state index contributed by atoms with van der Waals surface area (Å²) in [7, 11) is 1.89. The highest BCUT2D eigenvalue weighted by Crippen LogP contribution is 2.63. The van der Waals surface area contributed by atoms with Crippen LogP contribution in [-0.4, -0.2) is 47.0 Å². The van der Waals surface area contributed by atoms with Gasteiger partial charge < -0.3 is 15.3 Å². The predicted molar refractivity (Wildman–Crippen MR) is 112 cm³/mol. The molecule has 2 atom stereocenters. The van der Waals surface area contributed by atoms with Gasteiger partial charge in [0.2, 0.25) is 0 Å². The first-order valence-electron chi connectivity index (χ1n) is 10.9. The van der Waals surface area contributed by atoms with Crippen molar-refractivity contribution in [2.24, 2.45) is 17.3 Å². The molecular weight excluding hydrogens is 364 g/mol. The third-order valence-electron chi connectivity index (χ3n) is 7.45. The SMILES string of the molecule is CN(CCO)c1c(C(=O)NC2CCC3CC4CC2(C3)C4)cnn1-c1ccccc1. The highest BCUT2D eigenvalue weighted by molar-refractivity contribution is 5.99. The fraction of sp³-hybridized carbons (Fsp3) is 0.565. The molecule has 4 saturated carbocycles. The van der Waals surface area contributed by atoms with Crippen LogP contribution < -0.4 is 10.2 Å². The second-order valence-electron chi connectivity index (χ2n) is 9.32. The van der Waals surface area contributed by atoms with E-state index in [9.17, 15) is 9.90 Å². The third-order valence-corrected chi connectivity index (χ3v) is 7.45. The van der Waals surface area contributed by atoms with Crippen molar-refractivity contribution in [1.29, 1.82) is 0 Å². The molecule has 6 nitrogen and oxygen atoms in total. The molecule has 3 bridgehead atoms. The minimum Gasteiger partial charge on any atom is -0.395 e. The molecule has 0 saturated heterocycles. The molecule has 2 unspecified atom stereocenters. The second kappa shape index (κ2) is 7.17. The molecule has 1 spiro atoms. The first-order valence-corrected chi connectivity index (χ1v) is 10.9. The number of amides is 1. The molecule has 2 N–H and O–H groups in total. The van der Waals surface area contributed by atoms with Crippen molar-refractivity contribution >= 4 is 11.7 Å². The quantitative estimate of drug-likeness (QED) is 0.790. The minimum atomic E-state index is -0.0428. The van der Waals surface area contributed by atoms with Crippen LogP contribution in [0.5, 0.6) is 0 Å². The van der Waals surface area contributed by atoms with Crippen molar-refractivity contribution in [2.75, 3.05) is 25.1 Å². The van der Waals surface area contributed by atoms with Gasteiger partial charge in [0, 0.05) is 19.6 Å². The maximum absolute atomic E-state index is 13.4. The molecule has 6 rings (SSSR count). The fourth-order valence-corrected chi connectivity index (χ4v) is 6.25. The lowest BCUT2D eigenvalue weighted by Crippen LogP contribution is -2.60. The summed E-state index contributed by atoms with van der Waals surface area (Å²) in [4.78, 5) is 15.3. The van der Waals surface area contributed by atoms with Gasteiger partial charge in [0.1, 0.15) is 11.4 Å². The standard InChI is InChI=1S/C23H30N4O2/c1-26(9-10-28)22-19(15-24-27(22)18-5-3-2-4-6-18)21(29)25-20-8-7-16-11-17-13-23(20,12-16)14-17/h2-6,15-17,20,28H,7-14H2,1H3,(H,25,29). The van der Waals surface area contributed by atoms with Crippen molar-refractivity contribution in [2.45, 2.75) is 44.6 Å². The second-order valence-corrected chi connectivity index (χ2v) is 9.32. The Kier molecular flexibility index (Phi) is 4.62. The van der Waals surface area contributed by atoms with Gasteiger partial charge in [-0.2, -0.15) is 5.10 Å². The normalized spacial score (nSPS) is 29.8.